The molecule has 3 N–H and O–H groups in total. The number of nitrogens with one attached hydrogen (secondary N) is 2. The molecule has 1 heterocycles. The van der Waals surface area contributed by atoms with Gasteiger partial charge in [-0.1, -0.05) is 53.7 Å². The van der Waals surface area contributed by atoms with E-state index in [1.54, 1.807) is 13.0 Å². The molecule has 1 aliphatic rings. The smallest absolute Gasteiger partial charge is 0.407 e. The molecule has 1 atom stereocenters. The summed E-state index contributed by atoms with van der Waals surface area (Å²) in [6.45, 7) is 1.91. The van der Waals surface area contributed by atoms with Crippen LogP contribution in [0, 0.1) is 6.92 Å². The number of ether oxygens (including phenoxy) is 1. The molecular formula is C25H25N3O6. The number of amides is 2. The van der Waals surface area contributed by atoms with Crippen molar-refractivity contribution in [3.8, 4) is 11.1 Å². The Labute approximate surface area is 196 Å². The minimum Gasteiger partial charge on any atom is -0.481 e. The van der Waals surface area contributed by atoms with Gasteiger partial charge in [0.25, 0.3) is 0 Å². The Morgan fingerprint density at radius 3 is 2.32 bits per heavy atom. The van der Waals surface area contributed by atoms with Gasteiger partial charge in [-0.15, -0.1) is 0 Å². The van der Waals surface area contributed by atoms with Crippen LogP contribution in [0.1, 0.15) is 41.3 Å². The van der Waals surface area contributed by atoms with E-state index in [2.05, 4.69) is 15.8 Å². The first-order valence-electron chi connectivity index (χ1n) is 11.0. The molecule has 9 nitrogen and oxygen atoms in total. The fourth-order valence-electron chi connectivity index (χ4n) is 4.12. The van der Waals surface area contributed by atoms with Gasteiger partial charge < -0.3 is 25.0 Å². The molecule has 34 heavy (non-hydrogen) atoms. The third-order valence-corrected chi connectivity index (χ3v) is 5.72. The molecule has 0 spiro atoms. The normalized spacial score (nSPS) is 13.0. The van der Waals surface area contributed by atoms with Crippen LogP contribution in [-0.4, -0.2) is 40.9 Å². The molecule has 1 aromatic heterocycles. The Bertz CT molecular complexity index is 1160. The van der Waals surface area contributed by atoms with Gasteiger partial charge in [0.1, 0.15) is 24.1 Å². The van der Waals surface area contributed by atoms with Crippen molar-refractivity contribution >= 4 is 18.0 Å². The first-order valence-corrected chi connectivity index (χ1v) is 11.0. The second-order valence-corrected chi connectivity index (χ2v) is 8.10. The lowest BCUT2D eigenvalue weighted by Crippen LogP contribution is -2.47. The third kappa shape index (κ3) is 5.25. The maximum Gasteiger partial charge on any atom is 0.407 e. The second kappa shape index (κ2) is 10.2. The quantitative estimate of drug-likeness (QED) is 0.443. The fraction of sp³-hybridized carbons (Fsp3) is 0.280. The summed E-state index contributed by atoms with van der Waals surface area (Å²) in [6, 6.07) is 16.5. The first kappa shape index (κ1) is 23.0. The highest BCUT2D eigenvalue weighted by Gasteiger charge is 2.30. The molecule has 0 aliphatic heterocycles. The van der Waals surface area contributed by atoms with E-state index >= 15 is 0 Å². The standard InChI is InChI=1S/C25H25N3O6/c1-15-12-16(28-34-15)13-26-24(31)22(10-11-23(29)30)27-25(32)33-14-21-19-8-4-2-6-17(19)18-7-3-5-9-20(18)21/h2-9,12,21-22H,10-11,13-14H2,1H3,(H,26,31)(H,27,32)(H,29,30). The van der Waals surface area contributed by atoms with Crippen LogP contribution in [0.2, 0.25) is 0 Å². The van der Waals surface area contributed by atoms with Crippen LogP contribution < -0.4 is 10.6 Å². The molecule has 4 rings (SSSR count). The zero-order valence-electron chi connectivity index (χ0n) is 18.6. The second-order valence-electron chi connectivity index (χ2n) is 8.10. The lowest BCUT2D eigenvalue weighted by Gasteiger charge is -2.19. The van der Waals surface area contributed by atoms with Crippen molar-refractivity contribution in [1.82, 2.24) is 15.8 Å². The summed E-state index contributed by atoms with van der Waals surface area (Å²) in [5.74, 6) is -1.13. The number of aryl methyl sites for hydroxylation is 1. The molecule has 2 aromatic carbocycles. The Balaban J connectivity index is 1.38. The number of carboxylic acids is 1. The monoisotopic (exact) mass is 463 g/mol. The molecule has 1 aliphatic carbocycles. The number of carboxylic acid groups (broad SMARTS) is 1. The fourth-order valence-corrected chi connectivity index (χ4v) is 4.12. The van der Waals surface area contributed by atoms with E-state index in [9.17, 15) is 14.4 Å². The zero-order chi connectivity index (χ0) is 24.1. The van der Waals surface area contributed by atoms with Crippen molar-refractivity contribution in [3.05, 3.63) is 77.2 Å². The van der Waals surface area contributed by atoms with Crippen LogP contribution in [0.5, 0.6) is 0 Å². The number of carbonyl (C=O) groups excluding carboxylic acids is 2. The highest BCUT2D eigenvalue weighted by Crippen LogP contribution is 2.44. The Morgan fingerprint density at radius 1 is 1.09 bits per heavy atom. The van der Waals surface area contributed by atoms with Gasteiger partial charge in [-0.25, -0.2) is 4.79 Å². The van der Waals surface area contributed by atoms with Crippen LogP contribution in [0.25, 0.3) is 11.1 Å². The van der Waals surface area contributed by atoms with Crippen LogP contribution in [-0.2, 0) is 20.9 Å². The molecule has 176 valence electrons. The van der Waals surface area contributed by atoms with E-state index in [-0.39, 0.29) is 31.9 Å². The number of nitrogens with zero attached hydrogens (tertiary/aromatic N) is 1. The lowest BCUT2D eigenvalue weighted by molar-refractivity contribution is -0.137. The minimum absolute atomic E-state index is 0.0802. The van der Waals surface area contributed by atoms with Gasteiger partial charge in [0.2, 0.25) is 5.91 Å². The van der Waals surface area contributed by atoms with E-state index in [0.717, 1.165) is 22.3 Å². The van der Waals surface area contributed by atoms with Crippen molar-refractivity contribution in [3.63, 3.8) is 0 Å². The van der Waals surface area contributed by atoms with Gasteiger partial charge in [-0.3, -0.25) is 9.59 Å². The van der Waals surface area contributed by atoms with Crippen LogP contribution in [0.3, 0.4) is 0 Å². The van der Waals surface area contributed by atoms with Crippen molar-refractivity contribution in [1.29, 1.82) is 0 Å². The van der Waals surface area contributed by atoms with Gasteiger partial charge in [0.05, 0.1) is 6.54 Å². The van der Waals surface area contributed by atoms with Crippen molar-refractivity contribution < 1.29 is 28.8 Å². The van der Waals surface area contributed by atoms with E-state index in [4.69, 9.17) is 14.4 Å². The van der Waals surface area contributed by atoms with E-state index < -0.39 is 24.0 Å². The van der Waals surface area contributed by atoms with Crippen molar-refractivity contribution in [2.24, 2.45) is 0 Å². The first-order chi connectivity index (χ1) is 16.4. The van der Waals surface area contributed by atoms with Crippen LogP contribution in [0.4, 0.5) is 4.79 Å². The van der Waals surface area contributed by atoms with Gasteiger partial charge in [0.15, 0.2) is 0 Å². The number of hydrogen-bond acceptors (Lipinski definition) is 6. The molecule has 0 saturated heterocycles. The van der Waals surface area contributed by atoms with Crippen LogP contribution in [0.15, 0.2) is 59.1 Å². The molecule has 0 bridgehead atoms. The Hall–Kier alpha value is -4.14. The molecule has 9 heteroatoms. The predicted molar refractivity (Wildman–Crippen MR) is 122 cm³/mol. The largest absolute Gasteiger partial charge is 0.481 e. The molecule has 2 amide bonds. The number of hydrogen-bond donors (Lipinski definition) is 3. The van der Waals surface area contributed by atoms with Crippen LogP contribution >= 0.6 is 0 Å². The number of aliphatic carboxylic acids is 1. The summed E-state index contributed by atoms with van der Waals surface area (Å²) in [5, 5.41) is 18.0. The number of aromatic nitrogens is 1. The average Bonchev–Trinajstić information content (AvgIpc) is 3.39. The summed E-state index contributed by atoms with van der Waals surface area (Å²) in [4.78, 5) is 36.2. The van der Waals surface area contributed by atoms with Crippen molar-refractivity contribution in [2.45, 2.75) is 38.3 Å². The molecule has 3 aromatic rings. The topological polar surface area (TPSA) is 131 Å². The SMILES string of the molecule is Cc1cc(CNC(=O)C(CCC(=O)O)NC(=O)OCC2c3ccccc3-c3ccccc32)no1. The lowest BCUT2D eigenvalue weighted by atomic mass is 9.98. The summed E-state index contributed by atoms with van der Waals surface area (Å²) in [5.41, 5.74) is 4.87. The van der Waals surface area contributed by atoms with E-state index in [1.807, 2.05) is 48.5 Å². The molecule has 0 saturated carbocycles. The van der Waals surface area contributed by atoms with Gasteiger partial charge in [0, 0.05) is 18.4 Å². The molecule has 1 unspecified atom stereocenters. The molecule has 0 radical (unpaired) electrons. The average molecular weight is 463 g/mol. The number of rotatable bonds is 9. The van der Waals surface area contributed by atoms with E-state index in [0.29, 0.717) is 11.5 Å². The number of fused-ring (bicyclic) bond motifs is 3. The highest BCUT2D eigenvalue weighted by molar-refractivity contribution is 5.86. The van der Waals surface area contributed by atoms with Gasteiger partial charge in [-0.05, 0) is 35.6 Å². The summed E-state index contributed by atoms with van der Waals surface area (Å²) < 4.78 is 10.5. The summed E-state index contributed by atoms with van der Waals surface area (Å²) >= 11 is 0. The number of benzene rings is 2. The minimum atomic E-state index is -1.07. The van der Waals surface area contributed by atoms with Gasteiger partial charge >= 0.3 is 12.1 Å². The van der Waals surface area contributed by atoms with Gasteiger partial charge in [-0.2, -0.15) is 0 Å². The van der Waals surface area contributed by atoms with Crippen molar-refractivity contribution in [2.75, 3.05) is 6.61 Å². The third-order valence-electron chi connectivity index (χ3n) is 5.72. The molecule has 0 fully saturated rings. The Morgan fingerprint density at radius 2 is 1.74 bits per heavy atom. The maximum atomic E-state index is 12.6. The zero-order valence-corrected chi connectivity index (χ0v) is 18.6. The predicted octanol–water partition coefficient (Wildman–Crippen LogP) is 3.37. The summed E-state index contributed by atoms with van der Waals surface area (Å²) in [7, 11) is 0. The Kier molecular flexibility index (Phi) is 6.91. The maximum absolute atomic E-state index is 12.6. The number of alkyl carbamates (subject to hydrolysis) is 1. The number of carbonyl (C=O) groups is 3. The highest BCUT2D eigenvalue weighted by atomic mass is 16.5. The van der Waals surface area contributed by atoms with E-state index in [1.165, 1.54) is 0 Å². The molecular weight excluding hydrogens is 438 g/mol. The summed E-state index contributed by atoms with van der Waals surface area (Å²) in [6.07, 6.45) is -1.15.